The molecule has 0 bridgehead atoms. The SMILES string of the molecule is CCOc1ccc(-n2nnc3cnc(NCC4CC[C@@H](C(C)=O)C4)nc32)cc1. The van der Waals surface area contributed by atoms with Gasteiger partial charge in [-0.3, -0.25) is 4.79 Å². The molecule has 1 unspecified atom stereocenters. The molecule has 0 amide bonds. The number of aromatic nitrogens is 5. The van der Waals surface area contributed by atoms with Crippen LogP contribution in [0.3, 0.4) is 0 Å². The first-order chi connectivity index (χ1) is 13.6. The second kappa shape index (κ2) is 7.92. The molecule has 0 aliphatic heterocycles. The molecular weight excluding hydrogens is 356 g/mol. The number of nitrogens with zero attached hydrogens (tertiary/aromatic N) is 5. The van der Waals surface area contributed by atoms with E-state index in [1.807, 2.05) is 31.2 Å². The number of benzene rings is 1. The van der Waals surface area contributed by atoms with E-state index in [-0.39, 0.29) is 5.92 Å². The molecule has 1 N–H and O–H groups in total. The Kier molecular flexibility index (Phi) is 5.18. The Morgan fingerprint density at radius 3 is 2.82 bits per heavy atom. The van der Waals surface area contributed by atoms with Gasteiger partial charge >= 0.3 is 0 Å². The van der Waals surface area contributed by atoms with Crippen molar-refractivity contribution >= 4 is 22.9 Å². The Bertz CT molecular complexity index is 968. The number of ketones is 1. The van der Waals surface area contributed by atoms with Crippen molar-refractivity contribution < 1.29 is 9.53 Å². The van der Waals surface area contributed by atoms with E-state index < -0.39 is 0 Å². The van der Waals surface area contributed by atoms with Crippen molar-refractivity contribution in [2.45, 2.75) is 33.1 Å². The van der Waals surface area contributed by atoms with E-state index in [9.17, 15) is 4.79 Å². The molecule has 28 heavy (non-hydrogen) atoms. The van der Waals surface area contributed by atoms with Gasteiger partial charge in [-0.05, 0) is 63.3 Å². The first kappa shape index (κ1) is 18.3. The van der Waals surface area contributed by atoms with Crippen LogP contribution in [0.25, 0.3) is 16.9 Å². The van der Waals surface area contributed by atoms with Gasteiger partial charge < -0.3 is 10.1 Å². The highest BCUT2D eigenvalue weighted by molar-refractivity contribution is 5.78. The molecule has 146 valence electrons. The molecule has 1 aliphatic carbocycles. The van der Waals surface area contributed by atoms with Crippen LogP contribution < -0.4 is 10.1 Å². The number of hydrogen-bond donors (Lipinski definition) is 1. The molecule has 0 saturated heterocycles. The van der Waals surface area contributed by atoms with E-state index >= 15 is 0 Å². The second-order valence-electron chi connectivity index (χ2n) is 7.20. The Labute approximate surface area is 163 Å². The number of fused-ring (bicyclic) bond motifs is 1. The van der Waals surface area contributed by atoms with E-state index in [0.717, 1.165) is 37.2 Å². The number of carbonyl (C=O) groups excluding carboxylic acids is 1. The molecule has 2 heterocycles. The topological polar surface area (TPSA) is 94.8 Å². The Morgan fingerprint density at radius 2 is 2.11 bits per heavy atom. The van der Waals surface area contributed by atoms with Gasteiger partial charge in [-0.25, -0.2) is 4.98 Å². The van der Waals surface area contributed by atoms with Gasteiger partial charge in [0.25, 0.3) is 0 Å². The minimum absolute atomic E-state index is 0.209. The lowest BCUT2D eigenvalue weighted by atomic mass is 10.0. The van der Waals surface area contributed by atoms with Crippen LogP contribution >= 0.6 is 0 Å². The number of nitrogens with one attached hydrogen (secondary N) is 1. The Morgan fingerprint density at radius 1 is 1.29 bits per heavy atom. The minimum atomic E-state index is 0.209. The van der Waals surface area contributed by atoms with Crippen molar-refractivity contribution in [2.24, 2.45) is 11.8 Å². The zero-order chi connectivity index (χ0) is 19.5. The summed E-state index contributed by atoms with van der Waals surface area (Å²) in [4.78, 5) is 20.5. The summed E-state index contributed by atoms with van der Waals surface area (Å²) in [6, 6.07) is 7.65. The predicted octanol–water partition coefficient (Wildman–Crippen LogP) is 3.03. The van der Waals surface area contributed by atoms with Crippen LogP contribution in [0, 0.1) is 11.8 Å². The lowest BCUT2D eigenvalue weighted by Crippen LogP contribution is -2.15. The number of rotatable bonds is 7. The molecular formula is C20H24N6O2. The highest BCUT2D eigenvalue weighted by atomic mass is 16.5. The number of Topliss-reactive ketones (excluding diaryl/α,β-unsaturated/α-hetero) is 1. The maximum atomic E-state index is 11.5. The van der Waals surface area contributed by atoms with Gasteiger partial charge in [0, 0.05) is 12.5 Å². The molecule has 0 spiro atoms. The summed E-state index contributed by atoms with van der Waals surface area (Å²) in [5.41, 5.74) is 2.14. The first-order valence-electron chi connectivity index (χ1n) is 9.70. The predicted molar refractivity (Wildman–Crippen MR) is 106 cm³/mol. The van der Waals surface area contributed by atoms with E-state index in [1.165, 1.54) is 0 Å². The van der Waals surface area contributed by atoms with Crippen molar-refractivity contribution in [3.63, 3.8) is 0 Å². The largest absolute Gasteiger partial charge is 0.494 e. The van der Waals surface area contributed by atoms with Crippen LogP contribution in [-0.4, -0.2) is 43.9 Å². The molecule has 0 radical (unpaired) electrons. The normalized spacial score (nSPS) is 19.1. The quantitative estimate of drug-likeness (QED) is 0.673. The van der Waals surface area contributed by atoms with Crippen LogP contribution in [0.1, 0.15) is 33.1 Å². The van der Waals surface area contributed by atoms with Crippen molar-refractivity contribution in [1.29, 1.82) is 0 Å². The fourth-order valence-corrected chi connectivity index (χ4v) is 3.70. The number of carbonyl (C=O) groups is 1. The molecule has 2 aromatic heterocycles. The van der Waals surface area contributed by atoms with Crippen LogP contribution in [-0.2, 0) is 4.79 Å². The monoisotopic (exact) mass is 380 g/mol. The Balaban J connectivity index is 1.49. The number of ether oxygens (including phenoxy) is 1. The van der Waals surface area contributed by atoms with Crippen LogP contribution in [0.5, 0.6) is 5.75 Å². The Hall–Kier alpha value is -3.03. The van der Waals surface area contributed by atoms with Crippen molar-refractivity contribution in [2.75, 3.05) is 18.5 Å². The zero-order valence-corrected chi connectivity index (χ0v) is 16.1. The highest BCUT2D eigenvalue weighted by Crippen LogP contribution is 2.31. The lowest BCUT2D eigenvalue weighted by Gasteiger charge is -2.11. The van der Waals surface area contributed by atoms with E-state index in [0.29, 0.717) is 35.4 Å². The fraction of sp³-hybridized carbons (Fsp3) is 0.450. The van der Waals surface area contributed by atoms with Crippen molar-refractivity contribution in [1.82, 2.24) is 25.0 Å². The van der Waals surface area contributed by atoms with E-state index in [1.54, 1.807) is 17.8 Å². The molecule has 2 atom stereocenters. The molecule has 3 aromatic rings. The van der Waals surface area contributed by atoms with Crippen LogP contribution in [0.4, 0.5) is 5.95 Å². The summed E-state index contributed by atoms with van der Waals surface area (Å²) in [5.74, 6) is 2.34. The van der Waals surface area contributed by atoms with Gasteiger partial charge in [0.2, 0.25) is 5.95 Å². The number of hydrogen-bond acceptors (Lipinski definition) is 7. The summed E-state index contributed by atoms with van der Waals surface area (Å²) >= 11 is 0. The maximum Gasteiger partial charge on any atom is 0.224 e. The van der Waals surface area contributed by atoms with Gasteiger partial charge in [0.15, 0.2) is 11.2 Å². The zero-order valence-electron chi connectivity index (χ0n) is 16.1. The molecule has 1 fully saturated rings. The third-order valence-electron chi connectivity index (χ3n) is 5.25. The lowest BCUT2D eigenvalue weighted by molar-refractivity contribution is -0.120. The summed E-state index contributed by atoms with van der Waals surface area (Å²) in [6.45, 7) is 5.03. The fourth-order valence-electron chi connectivity index (χ4n) is 3.70. The molecule has 4 rings (SSSR count). The smallest absolute Gasteiger partial charge is 0.224 e. The van der Waals surface area contributed by atoms with Gasteiger partial charge in [0.1, 0.15) is 11.5 Å². The molecule has 1 aromatic carbocycles. The minimum Gasteiger partial charge on any atom is -0.494 e. The number of anilines is 1. The summed E-state index contributed by atoms with van der Waals surface area (Å²) < 4.78 is 7.18. The van der Waals surface area contributed by atoms with Crippen molar-refractivity contribution in [3.05, 3.63) is 30.5 Å². The maximum absolute atomic E-state index is 11.5. The summed E-state index contributed by atoms with van der Waals surface area (Å²) in [7, 11) is 0. The average Bonchev–Trinajstić information content (AvgIpc) is 3.34. The van der Waals surface area contributed by atoms with E-state index in [4.69, 9.17) is 4.74 Å². The van der Waals surface area contributed by atoms with Gasteiger partial charge in [-0.2, -0.15) is 9.67 Å². The van der Waals surface area contributed by atoms with E-state index in [2.05, 4.69) is 25.6 Å². The molecule has 8 heteroatoms. The van der Waals surface area contributed by atoms with Gasteiger partial charge in [-0.1, -0.05) is 5.21 Å². The molecule has 1 saturated carbocycles. The molecule has 8 nitrogen and oxygen atoms in total. The third-order valence-corrected chi connectivity index (χ3v) is 5.25. The first-order valence-corrected chi connectivity index (χ1v) is 9.70. The van der Waals surface area contributed by atoms with Gasteiger partial charge in [-0.15, -0.1) is 5.10 Å². The standard InChI is InChI=1S/C20H24N6O2/c1-3-28-17-8-6-16(7-9-17)26-19-18(24-25-26)12-22-20(23-19)21-11-14-4-5-15(10-14)13(2)27/h6-9,12,14-15H,3-5,10-11H2,1-2H3,(H,21,22,23)/t14?,15-/m1/s1. The van der Waals surface area contributed by atoms with Crippen molar-refractivity contribution in [3.8, 4) is 11.4 Å². The van der Waals surface area contributed by atoms with Gasteiger partial charge in [0.05, 0.1) is 18.5 Å². The van der Waals surface area contributed by atoms with Crippen LogP contribution in [0.2, 0.25) is 0 Å². The molecule has 1 aliphatic rings. The summed E-state index contributed by atoms with van der Waals surface area (Å²) in [6.07, 6.45) is 4.66. The summed E-state index contributed by atoms with van der Waals surface area (Å²) in [5, 5.41) is 11.7. The second-order valence-corrected chi connectivity index (χ2v) is 7.20. The average molecular weight is 380 g/mol. The highest BCUT2D eigenvalue weighted by Gasteiger charge is 2.27. The third kappa shape index (κ3) is 3.81. The van der Waals surface area contributed by atoms with Crippen LogP contribution in [0.15, 0.2) is 30.5 Å².